The van der Waals surface area contributed by atoms with Crippen molar-refractivity contribution in [2.24, 2.45) is 0 Å². The van der Waals surface area contributed by atoms with Gasteiger partial charge in [0.2, 0.25) is 5.78 Å². The summed E-state index contributed by atoms with van der Waals surface area (Å²) in [5, 5.41) is 0.951. The lowest BCUT2D eigenvalue weighted by atomic mass is 10.0. The zero-order chi connectivity index (χ0) is 14.1. The van der Waals surface area contributed by atoms with Crippen molar-refractivity contribution in [2.45, 2.75) is 13.8 Å². The lowest BCUT2D eigenvalue weighted by molar-refractivity contribution is 0.103. The average molecular weight is 263 g/mol. The van der Waals surface area contributed by atoms with Crippen molar-refractivity contribution in [1.29, 1.82) is 0 Å². The summed E-state index contributed by atoms with van der Waals surface area (Å²) in [7, 11) is 0. The molecule has 3 aromatic rings. The van der Waals surface area contributed by atoms with Crippen molar-refractivity contribution >= 4 is 16.7 Å². The maximum absolute atomic E-state index is 12.4. The average Bonchev–Trinajstić information content (AvgIpc) is 2.46. The van der Waals surface area contributed by atoms with E-state index in [9.17, 15) is 4.79 Å². The Morgan fingerprint density at radius 3 is 2.65 bits per heavy atom. The first kappa shape index (κ1) is 12.4. The monoisotopic (exact) mass is 263 g/mol. The van der Waals surface area contributed by atoms with E-state index in [1.54, 1.807) is 25.3 Å². The Bertz CT molecular complexity index is 812. The van der Waals surface area contributed by atoms with Gasteiger partial charge >= 0.3 is 0 Å². The minimum Gasteiger partial charge on any atom is -0.287 e. The Labute approximate surface area is 116 Å². The summed E-state index contributed by atoms with van der Waals surface area (Å²) >= 11 is 0. The number of aryl methyl sites for hydroxylation is 2. The topological polar surface area (TPSA) is 55.7 Å². The molecule has 1 aromatic carbocycles. The normalized spacial score (nSPS) is 10.7. The van der Waals surface area contributed by atoms with Crippen molar-refractivity contribution in [2.75, 3.05) is 0 Å². The fourth-order valence-electron chi connectivity index (χ4n) is 2.10. The summed E-state index contributed by atoms with van der Waals surface area (Å²) in [6.07, 6.45) is 1.60. The molecule has 2 aromatic heterocycles. The molecule has 0 N–H and O–H groups in total. The third-order valence-corrected chi connectivity index (χ3v) is 3.10. The van der Waals surface area contributed by atoms with E-state index in [0.717, 1.165) is 16.6 Å². The highest BCUT2D eigenvalue weighted by molar-refractivity contribution is 6.09. The molecule has 0 atom stereocenters. The quantitative estimate of drug-likeness (QED) is 0.667. The van der Waals surface area contributed by atoms with Crippen molar-refractivity contribution in [3.63, 3.8) is 0 Å². The fourth-order valence-corrected chi connectivity index (χ4v) is 2.10. The zero-order valence-electron chi connectivity index (χ0n) is 11.3. The molecule has 98 valence electrons. The summed E-state index contributed by atoms with van der Waals surface area (Å²) in [6.45, 7) is 3.71. The van der Waals surface area contributed by atoms with E-state index >= 15 is 0 Å². The van der Waals surface area contributed by atoms with Crippen LogP contribution in [0.1, 0.15) is 27.6 Å². The maximum Gasteiger partial charge on any atom is 0.211 e. The van der Waals surface area contributed by atoms with Crippen LogP contribution in [-0.4, -0.2) is 20.7 Å². The van der Waals surface area contributed by atoms with Gasteiger partial charge < -0.3 is 0 Å². The van der Waals surface area contributed by atoms with Gasteiger partial charge in [-0.1, -0.05) is 6.07 Å². The number of benzene rings is 1. The van der Waals surface area contributed by atoms with Crippen LogP contribution >= 0.6 is 0 Å². The number of rotatable bonds is 2. The molecule has 0 aliphatic rings. The van der Waals surface area contributed by atoms with Gasteiger partial charge in [0.15, 0.2) is 0 Å². The van der Waals surface area contributed by atoms with Gasteiger partial charge in [-0.25, -0.2) is 9.97 Å². The summed E-state index contributed by atoms with van der Waals surface area (Å²) in [6, 6.07) is 11.0. The minimum absolute atomic E-state index is 0.0991. The van der Waals surface area contributed by atoms with Crippen LogP contribution in [0.4, 0.5) is 0 Å². The second-order valence-corrected chi connectivity index (χ2v) is 4.68. The second kappa shape index (κ2) is 4.81. The molecule has 0 unspecified atom stereocenters. The summed E-state index contributed by atoms with van der Waals surface area (Å²) in [5.74, 6) is 0.493. The van der Waals surface area contributed by atoms with Crippen LogP contribution in [0.25, 0.3) is 10.9 Å². The molecule has 20 heavy (non-hydrogen) atoms. The van der Waals surface area contributed by atoms with Crippen molar-refractivity contribution in [3.8, 4) is 0 Å². The molecule has 0 amide bonds. The van der Waals surface area contributed by atoms with Gasteiger partial charge in [-0.2, -0.15) is 0 Å². The number of ketones is 1. The maximum atomic E-state index is 12.4. The smallest absolute Gasteiger partial charge is 0.211 e. The van der Waals surface area contributed by atoms with Crippen molar-refractivity contribution < 1.29 is 4.79 Å². The van der Waals surface area contributed by atoms with E-state index in [1.165, 1.54) is 0 Å². The molecule has 2 heterocycles. The molecule has 0 spiro atoms. The van der Waals surface area contributed by atoms with Crippen LogP contribution in [0, 0.1) is 13.8 Å². The molecule has 0 bridgehead atoms. The Kier molecular flexibility index (Phi) is 2.99. The highest BCUT2D eigenvalue weighted by atomic mass is 16.1. The van der Waals surface area contributed by atoms with Gasteiger partial charge in [0, 0.05) is 22.8 Å². The van der Waals surface area contributed by atoms with Gasteiger partial charge in [0.1, 0.15) is 11.5 Å². The minimum atomic E-state index is -0.0991. The second-order valence-electron chi connectivity index (χ2n) is 4.68. The number of fused-ring (bicyclic) bond motifs is 1. The van der Waals surface area contributed by atoms with E-state index in [4.69, 9.17) is 0 Å². The van der Waals surface area contributed by atoms with Gasteiger partial charge in [0.05, 0.1) is 5.52 Å². The summed E-state index contributed by atoms with van der Waals surface area (Å²) < 4.78 is 0. The van der Waals surface area contributed by atoms with Gasteiger partial charge in [-0.15, -0.1) is 0 Å². The van der Waals surface area contributed by atoms with E-state index < -0.39 is 0 Å². The Morgan fingerprint density at radius 1 is 1.00 bits per heavy atom. The van der Waals surface area contributed by atoms with Crippen molar-refractivity contribution in [3.05, 3.63) is 65.4 Å². The molecule has 0 fully saturated rings. The van der Waals surface area contributed by atoms with Crippen LogP contribution in [0.3, 0.4) is 0 Å². The fraction of sp³-hybridized carbons (Fsp3) is 0.125. The summed E-state index contributed by atoms with van der Waals surface area (Å²) in [5.41, 5.74) is 2.88. The van der Waals surface area contributed by atoms with Crippen molar-refractivity contribution in [1.82, 2.24) is 15.0 Å². The van der Waals surface area contributed by atoms with Gasteiger partial charge in [0.25, 0.3) is 0 Å². The van der Waals surface area contributed by atoms with Crippen LogP contribution in [0.5, 0.6) is 0 Å². The number of hydrogen-bond donors (Lipinski definition) is 0. The first-order valence-corrected chi connectivity index (χ1v) is 6.35. The molecule has 3 rings (SSSR count). The van der Waals surface area contributed by atoms with E-state index in [0.29, 0.717) is 17.1 Å². The first-order valence-electron chi connectivity index (χ1n) is 6.35. The Morgan fingerprint density at radius 2 is 1.85 bits per heavy atom. The largest absolute Gasteiger partial charge is 0.287 e. The van der Waals surface area contributed by atoms with Gasteiger partial charge in [-0.05, 0) is 44.2 Å². The lowest BCUT2D eigenvalue weighted by Gasteiger charge is -2.04. The zero-order valence-corrected chi connectivity index (χ0v) is 11.3. The molecular weight excluding hydrogens is 250 g/mol. The highest BCUT2D eigenvalue weighted by Crippen LogP contribution is 2.17. The molecule has 0 aliphatic heterocycles. The molecular formula is C16H13N3O. The SMILES string of the molecule is Cc1ccc2cc(C(=O)c3ccnc(C)n3)ccc2n1. The van der Waals surface area contributed by atoms with E-state index in [-0.39, 0.29) is 5.78 Å². The number of nitrogens with zero attached hydrogens (tertiary/aromatic N) is 3. The predicted octanol–water partition coefficient (Wildman–Crippen LogP) is 2.87. The van der Waals surface area contributed by atoms with Gasteiger partial charge in [-0.3, -0.25) is 9.78 Å². The third-order valence-electron chi connectivity index (χ3n) is 3.10. The Balaban J connectivity index is 2.06. The van der Waals surface area contributed by atoms with E-state index in [1.807, 2.05) is 31.2 Å². The van der Waals surface area contributed by atoms with E-state index in [2.05, 4.69) is 15.0 Å². The molecule has 4 nitrogen and oxygen atoms in total. The predicted molar refractivity (Wildman–Crippen MR) is 76.7 cm³/mol. The number of hydrogen-bond acceptors (Lipinski definition) is 4. The molecule has 0 aliphatic carbocycles. The summed E-state index contributed by atoms with van der Waals surface area (Å²) in [4.78, 5) is 25.0. The highest BCUT2D eigenvalue weighted by Gasteiger charge is 2.11. The molecule has 4 heteroatoms. The molecule has 0 radical (unpaired) electrons. The number of aromatic nitrogens is 3. The number of pyridine rings is 1. The number of carbonyl (C=O) groups is 1. The van der Waals surface area contributed by atoms with Crippen LogP contribution in [0.15, 0.2) is 42.6 Å². The van der Waals surface area contributed by atoms with Crippen LogP contribution < -0.4 is 0 Å². The Hall–Kier alpha value is -2.62. The lowest BCUT2D eigenvalue weighted by Crippen LogP contribution is -2.05. The third kappa shape index (κ3) is 2.28. The first-order chi connectivity index (χ1) is 9.63. The van der Waals surface area contributed by atoms with Crippen LogP contribution in [0.2, 0.25) is 0 Å². The molecule has 0 saturated carbocycles. The standard InChI is InChI=1S/C16H13N3O/c1-10-3-4-12-9-13(5-6-14(12)18-10)16(20)15-7-8-17-11(2)19-15/h3-9H,1-2H3. The van der Waals surface area contributed by atoms with Crippen LogP contribution in [-0.2, 0) is 0 Å². The number of carbonyl (C=O) groups excluding carboxylic acids is 1. The molecule has 0 saturated heterocycles.